The average Bonchev–Trinajstić information content (AvgIpc) is 2.78. The number of aryl methyl sites for hydroxylation is 4. The predicted molar refractivity (Wildman–Crippen MR) is 76.6 cm³/mol. The third-order valence-corrected chi connectivity index (χ3v) is 3.38. The first kappa shape index (κ1) is 14.4. The van der Waals surface area contributed by atoms with Crippen LogP contribution in [0.15, 0.2) is 4.52 Å². The lowest BCUT2D eigenvalue weighted by molar-refractivity contribution is 0.392. The van der Waals surface area contributed by atoms with E-state index >= 15 is 0 Å². The molecule has 2 heterocycles. The molecule has 20 heavy (non-hydrogen) atoms. The van der Waals surface area contributed by atoms with Gasteiger partial charge in [0.05, 0.1) is 23.1 Å². The Morgan fingerprint density at radius 3 is 2.35 bits per heavy atom. The molecule has 0 amide bonds. The van der Waals surface area contributed by atoms with E-state index in [9.17, 15) is 0 Å². The minimum Gasteiger partial charge on any atom is -0.361 e. The van der Waals surface area contributed by atoms with Gasteiger partial charge in [0.15, 0.2) is 0 Å². The Hall–Kier alpha value is -1.98. The van der Waals surface area contributed by atoms with E-state index in [4.69, 9.17) is 4.52 Å². The maximum Gasteiger partial charge on any atom is 0.243 e. The van der Waals surface area contributed by atoms with Crippen LogP contribution in [0.5, 0.6) is 0 Å². The number of hydrogen-bond acceptors (Lipinski definition) is 6. The Morgan fingerprint density at radius 1 is 1.10 bits per heavy atom. The molecule has 0 fully saturated rings. The van der Waals surface area contributed by atoms with E-state index in [1.54, 1.807) is 0 Å². The van der Waals surface area contributed by atoms with Gasteiger partial charge in [-0.05, 0) is 33.6 Å². The molecule has 0 aromatic carbocycles. The first-order valence-corrected chi connectivity index (χ1v) is 6.98. The second kappa shape index (κ2) is 5.98. The molecule has 0 saturated heterocycles. The fourth-order valence-electron chi connectivity index (χ4n) is 2.37. The van der Waals surface area contributed by atoms with Gasteiger partial charge in [-0.2, -0.15) is 5.10 Å². The molecule has 1 atom stereocenters. The standard InChI is InChI=1S/C14H21N5O/c1-6-11-12(7-2)17-18-14(16-11)15-8(3)13-9(4)19-20-10(13)5/h8H,6-7H2,1-5H3,(H,15,16,18). The molecule has 2 rings (SSSR count). The molecule has 2 aromatic heterocycles. The van der Waals surface area contributed by atoms with Crippen LogP contribution in [0.1, 0.15) is 55.2 Å². The van der Waals surface area contributed by atoms with Gasteiger partial charge in [0.25, 0.3) is 0 Å². The first-order chi connectivity index (χ1) is 9.56. The van der Waals surface area contributed by atoms with E-state index in [1.807, 2.05) is 20.8 Å². The van der Waals surface area contributed by atoms with Crippen molar-refractivity contribution in [3.8, 4) is 0 Å². The van der Waals surface area contributed by atoms with Crippen LogP contribution >= 0.6 is 0 Å². The molecule has 0 spiro atoms. The van der Waals surface area contributed by atoms with E-state index in [0.717, 1.165) is 41.2 Å². The maximum atomic E-state index is 5.19. The Labute approximate surface area is 119 Å². The minimum absolute atomic E-state index is 0.0280. The van der Waals surface area contributed by atoms with Crippen LogP contribution in [-0.2, 0) is 12.8 Å². The van der Waals surface area contributed by atoms with Gasteiger partial charge in [-0.3, -0.25) is 0 Å². The number of aromatic nitrogens is 4. The van der Waals surface area contributed by atoms with E-state index in [0.29, 0.717) is 5.95 Å². The summed E-state index contributed by atoms with van der Waals surface area (Å²) < 4.78 is 5.19. The molecule has 0 bridgehead atoms. The van der Waals surface area contributed by atoms with Crippen LogP contribution in [0.3, 0.4) is 0 Å². The van der Waals surface area contributed by atoms with Gasteiger partial charge < -0.3 is 9.84 Å². The van der Waals surface area contributed by atoms with Gasteiger partial charge in [0.2, 0.25) is 5.95 Å². The topological polar surface area (TPSA) is 76.7 Å². The normalized spacial score (nSPS) is 12.4. The summed E-state index contributed by atoms with van der Waals surface area (Å²) in [6.45, 7) is 10.0. The Morgan fingerprint density at radius 2 is 1.80 bits per heavy atom. The second-order valence-electron chi connectivity index (χ2n) is 4.84. The van der Waals surface area contributed by atoms with Gasteiger partial charge in [-0.25, -0.2) is 4.98 Å². The third kappa shape index (κ3) is 2.79. The highest BCUT2D eigenvalue weighted by atomic mass is 16.5. The summed E-state index contributed by atoms with van der Waals surface area (Å²) in [4.78, 5) is 4.54. The van der Waals surface area contributed by atoms with Gasteiger partial charge >= 0.3 is 0 Å². The van der Waals surface area contributed by atoms with Crippen LogP contribution < -0.4 is 5.32 Å². The summed E-state index contributed by atoms with van der Waals surface area (Å²) in [5, 5.41) is 15.6. The average molecular weight is 275 g/mol. The molecule has 6 heteroatoms. The van der Waals surface area contributed by atoms with Crippen molar-refractivity contribution < 1.29 is 4.52 Å². The fraction of sp³-hybridized carbons (Fsp3) is 0.571. The minimum atomic E-state index is 0.0280. The molecular weight excluding hydrogens is 254 g/mol. The van der Waals surface area contributed by atoms with Crippen molar-refractivity contribution in [3.63, 3.8) is 0 Å². The van der Waals surface area contributed by atoms with Crippen molar-refractivity contribution >= 4 is 5.95 Å². The number of nitrogens with zero attached hydrogens (tertiary/aromatic N) is 4. The van der Waals surface area contributed by atoms with Crippen LogP contribution in [-0.4, -0.2) is 20.3 Å². The molecule has 2 aromatic rings. The van der Waals surface area contributed by atoms with Crippen LogP contribution in [0.25, 0.3) is 0 Å². The zero-order chi connectivity index (χ0) is 14.7. The molecule has 0 radical (unpaired) electrons. The summed E-state index contributed by atoms with van der Waals surface area (Å²) in [6, 6.07) is 0.0280. The second-order valence-corrected chi connectivity index (χ2v) is 4.84. The van der Waals surface area contributed by atoms with Gasteiger partial charge in [-0.15, -0.1) is 5.10 Å². The molecule has 108 valence electrons. The van der Waals surface area contributed by atoms with Crippen molar-refractivity contribution in [2.24, 2.45) is 0 Å². The van der Waals surface area contributed by atoms with Crippen molar-refractivity contribution in [1.29, 1.82) is 0 Å². The summed E-state index contributed by atoms with van der Waals surface area (Å²) in [5.41, 5.74) is 3.89. The van der Waals surface area contributed by atoms with E-state index in [2.05, 4.69) is 39.5 Å². The molecule has 1 unspecified atom stereocenters. The lowest BCUT2D eigenvalue weighted by Crippen LogP contribution is -2.13. The summed E-state index contributed by atoms with van der Waals surface area (Å²) in [5.74, 6) is 1.36. The van der Waals surface area contributed by atoms with Crippen molar-refractivity contribution in [2.45, 2.75) is 53.5 Å². The molecule has 0 aliphatic heterocycles. The molecule has 6 nitrogen and oxygen atoms in total. The maximum absolute atomic E-state index is 5.19. The fourth-order valence-corrected chi connectivity index (χ4v) is 2.37. The molecule has 0 aliphatic rings. The predicted octanol–water partition coefficient (Wildman–Crippen LogP) is 2.77. The zero-order valence-electron chi connectivity index (χ0n) is 12.7. The largest absolute Gasteiger partial charge is 0.361 e. The van der Waals surface area contributed by atoms with E-state index in [-0.39, 0.29) is 6.04 Å². The van der Waals surface area contributed by atoms with Crippen molar-refractivity contribution in [2.75, 3.05) is 5.32 Å². The van der Waals surface area contributed by atoms with Crippen molar-refractivity contribution in [3.05, 3.63) is 28.4 Å². The number of nitrogens with one attached hydrogen (secondary N) is 1. The Balaban J connectivity index is 2.22. The van der Waals surface area contributed by atoms with E-state index < -0.39 is 0 Å². The molecular formula is C14H21N5O. The number of hydrogen-bond donors (Lipinski definition) is 1. The highest BCUT2D eigenvalue weighted by Crippen LogP contribution is 2.23. The van der Waals surface area contributed by atoms with E-state index in [1.165, 1.54) is 0 Å². The third-order valence-electron chi connectivity index (χ3n) is 3.38. The molecule has 0 aliphatic carbocycles. The molecule has 1 N–H and O–H groups in total. The highest BCUT2D eigenvalue weighted by Gasteiger charge is 2.17. The Kier molecular flexibility index (Phi) is 4.32. The lowest BCUT2D eigenvalue weighted by Gasteiger charge is -2.14. The summed E-state index contributed by atoms with van der Waals surface area (Å²) >= 11 is 0. The van der Waals surface area contributed by atoms with Crippen LogP contribution in [0, 0.1) is 13.8 Å². The SMILES string of the molecule is CCc1nnc(NC(C)c2c(C)noc2C)nc1CC. The summed E-state index contributed by atoms with van der Waals surface area (Å²) in [7, 11) is 0. The highest BCUT2D eigenvalue weighted by molar-refractivity contribution is 5.34. The van der Waals surface area contributed by atoms with Gasteiger partial charge in [0, 0.05) is 5.56 Å². The summed E-state index contributed by atoms with van der Waals surface area (Å²) in [6.07, 6.45) is 1.70. The molecule has 0 saturated carbocycles. The first-order valence-electron chi connectivity index (χ1n) is 6.98. The van der Waals surface area contributed by atoms with Gasteiger partial charge in [-0.1, -0.05) is 19.0 Å². The number of anilines is 1. The van der Waals surface area contributed by atoms with Crippen LogP contribution in [0.4, 0.5) is 5.95 Å². The van der Waals surface area contributed by atoms with Gasteiger partial charge in [0.1, 0.15) is 5.76 Å². The van der Waals surface area contributed by atoms with Crippen LogP contribution in [0.2, 0.25) is 0 Å². The lowest BCUT2D eigenvalue weighted by atomic mass is 10.1. The monoisotopic (exact) mass is 275 g/mol. The smallest absolute Gasteiger partial charge is 0.243 e. The Bertz CT molecular complexity index is 574. The number of rotatable bonds is 5. The van der Waals surface area contributed by atoms with Crippen molar-refractivity contribution in [1.82, 2.24) is 20.3 Å². The quantitative estimate of drug-likeness (QED) is 0.904. The zero-order valence-corrected chi connectivity index (χ0v) is 12.7.